The minimum atomic E-state index is -0.0980. The van der Waals surface area contributed by atoms with E-state index in [0.717, 1.165) is 5.56 Å². The van der Waals surface area contributed by atoms with Crippen molar-refractivity contribution >= 4 is 11.6 Å². The quantitative estimate of drug-likeness (QED) is 0.597. The molecule has 1 aromatic carbocycles. The first-order valence-corrected chi connectivity index (χ1v) is 6.02. The maximum atomic E-state index is 11.9. The fourth-order valence-electron chi connectivity index (χ4n) is 1.76. The molecule has 0 aromatic heterocycles. The highest BCUT2D eigenvalue weighted by molar-refractivity contribution is 5.76. The van der Waals surface area contributed by atoms with Crippen LogP contribution in [0, 0.1) is 0 Å². The van der Waals surface area contributed by atoms with Gasteiger partial charge < -0.3 is 20.8 Å². The van der Waals surface area contributed by atoms with Gasteiger partial charge in [0.2, 0.25) is 5.91 Å². The zero-order valence-corrected chi connectivity index (χ0v) is 10.4. The summed E-state index contributed by atoms with van der Waals surface area (Å²) >= 11 is 0. The average Bonchev–Trinajstić information content (AvgIpc) is 2.37. The predicted molar refractivity (Wildman–Crippen MR) is 69.9 cm³/mol. The standard InChI is InChI=1S/C13H20N2O3/c14-12-4-2-1-3-11(12)5-6-13(18)15(7-9-16)8-10-17/h1-4,16-17H,5-10,14H2. The highest BCUT2D eigenvalue weighted by atomic mass is 16.3. The number of amides is 1. The molecular formula is C13H20N2O3. The van der Waals surface area contributed by atoms with Gasteiger partial charge in [0, 0.05) is 25.2 Å². The van der Waals surface area contributed by atoms with Gasteiger partial charge in [0.1, 0.15) is 0 Å². The number of hydrogen-bond acceptors (Lipinski definition) is 4. The minimum Gasteiger partial charge on any atom is -0.399 e. The lowest BCUT2D eigenvalue weighted by Gasteiger charge is -2.20. The fraction of sp³-hybridized carbons (Fsp3) is 0.462. The molecule has 5 nitrogen and oxygen atoms in total. The van der Waals surface area contributed by atoms with Crippen molar-refractivity contribution in [3.8, 4) is 0 Å². The SMILES string of the molecule is Nc1ccccc1CCC(=O)N(CCO)CCO. The number of nitrogen functional groups attached to an aromatic ring is 1. The summed E-state index contributed by atoms with van der Waals surface area (Å²) in [4.78, 5) is 13.3. The summed E-state index contributed by atoms with van der Waals surface area (Å²) in [6, 6.07) is 7.43. The van der Waals surface area contributed by atoms with E-state index in [4.69, 9.17) is 15.9 Å². The number of nitrogens with zero attached hydrogens (tertiary/aromatic N) is 1. The highest BCUT2D eigenvalue weighted by Crippen LogP contribution is 2.13. The van der Waals surface area contributed by atoms with Gasteiger partial charge in [-0.05, 0) is 18.1 Å². The van der Waals surface area contributed by atoms with Crippen LogP contribution in [0.2, 0.25) is 0 Å². The third-order valence-electron chi connectivity index (χ3n) is 2.76. The van der Waals surface area contributed by atoms with E-state index in [1.807, 2.05) is 18.2 Å². The molecule has 100 valence electrons. The Balaban J connectivity index is 2.51. The molecule has 5 heteroatoms. The van der Waals surface area contributed by atoms with Gasteiger partial charge in [0.15, 0.2) is 0 Å². The van der Waals surface area contributed by atoms with E-state index < -0.39 is 0 Å². The molecule has 0 saturated carbocycles. The first kappa shape index (κ1) is 14.5. The van der Waals surface area contributed by atoms with Crippen molar-refractivity contribution in [3.63, 3.8) is 0 Å². The van der Waals surface area contributed by atoms with Crippen molar-refractivity contribution in [3.05, 3.63) is 29.8 Å². The van der Waals surface area contributed by atoms with E-state index in [1.54, 1.807) is 6.07 Å². The van der Waals surface area contributed by atoms with Gasteiger partial charge >= 0.3 is 0 Å². The smallest absolute Gasteiger partial charge is 0.223 e. The molecule has 4 N–H and O–H groups in total. The first-order valence-electron chi connectivity index (χ1n) is 6.02. The molecule has 0 atom stereocenters. The van der Waals surface area contributed by atoms with Gasteiger partial charge in [-0.3, -0.25) is 4.79 Å². The van der Waals surface area contributed by atoms with Crippen molar-refractivity contribution in [1.82, 2.24) is 4.90 Å². The van der Waals surface area contributed by atoms with E-state index >= 15 is 0 Å². The number of aryl methyl sites for hydroxylation is 1. The number of rotatable bonds is 7. The largest absolute Gasteiger partial charge is 0.399 e. The van der Waals surface area contributed by atoms with Crippen LogP contribution < -0.4 is 5.73 Å². The van der Waals surface area contributed by atoms with Gasteiger partial charge in [0.25, 0.3) is 0 Å². The lowest BCUT2D eigenvalue weighted by Crippen LogP contribution is -2.36. The van der Waals surface area contributed by atoms with Crippen molar-refractivity contribution in [2.45, 2.75) is 12.8 Å². The molecule has 18 heavy (non-hydrogen) atoms. The maximum absolute atomic E-state index is 11.9. The van der Waals surface area contributed by atoms with E-state index in [2.05, 4.69) is 0 Å². The molecule has 0 fully saturated rings. The van der Waals surface area contributed by atoms with Crippen LogP contribution in [-0.2, 0) is 11.2 Å². The average molecular weight is 252 g/mol. The lowest BCUT2D eigenvalue weighted by atomic mass is 10.1. The van der Waals surface area contributed by atoms with Crippen LogP contribution in [0.25, 0.3) is 0 Å². The molecule has 0 spiro atoms. The van der Waals surface area contributed by atoms with Gasteiger partial charge in [-0.2, -0.15) is 0 Å². The van der Waals surface area contributed by atoms with E-state index in [-0.39, 0.29) is 32.2 Å². The first-order chi connectivity index (χ1) is 8.69. The molecule has 0 bridgehead atoms. The van der Waals surface area contributed by atoms with E-state index in [0.29, 0.717) is 18.5 Å². The third-order valence-corrected chi connectivity index (χ3v) is 2.76. The molecule has 0 aliphatic rings. The number of para-hydroxylation sites is 1. The van der Waals surface area contributed by atoms with Crippen molar-refractivity contribution in [1.29, 1.82) is 0 Å². The monoisotopic (exact) mass is 252 g/mol. The number of hydrogen-bond donors (Lipinski definition) is 3. The maximum Gasteiger partial charge on any atom is 0.223 e. The number of aliphatic hydroxyl groups excluding tert-OH is 2. The molecule has 1 amide bonds. The van der Waals surface area contributed by atoms with Crippen LogP contribution >= 0.6 is 0 Å². The van der Waals surface area contributed by atoms with Crippen molar-refractivity contribution in [2.24, 2.45) is 0 Å². The number of anilines is 1. The Kier molecular flexibility index (Phi) is 6.18. The van der Waals surface area contributed by atoms with Crippen LogP contribution in [0.5, 0.6) is 0 Å². The number of carbonyl (C=O) groups excluding carboxylic acids is 1. The summed E-state index contributed by atoms with van der Waals surface area (Å²) in [5, 5.41) is 17.7. The topological polar surface area (TPSA) is 86.8 Å². The summed E-state index contributed by atoms with van der Waals surface area (Å²) in [6.45, 7) is 0.311. The summed E-state index contributed by atoms with van der Waals surface area (Å²) in [5.41, 5.74) is 7.42. The molecule has 0 radical (unpaired) electrons. The van der Waals surface area contributed by atoms with Crippen LogP contribution in [0.1, 0.15) is 12.0 Å². The second-order valence-electron chi connectivity index (χ2n) is 4.03. The van der Waals surface area contributed by atoms with Crippen molar-refractivity contribution < 1.29 is 15.0 Å². The molecular weight excluding hydrogens is 232 g/mol. The lowest BCUT2D eigenvalue weighted by molar-refractivity contribution is -0.132. The number of carbonyl (C=O) groups is 1. The number of nitrogens with two attached hydrogens (primary N) is 1. The van der Waals surface area contributed by atoms with Crippen molar-refractivity contribution in [2.75, 3.05) is 32.0 Å². The second kappa shape index (κ2) is 7.68. The molecule has 1 aromatic rings. The second-order valence-corrected chi connectivity index (χ2v) is 4.03. The Hall–Kier alpha value is -1.59. The fourth-order valence-corrected chi connectivity index (χ4v) is 1.76. The van der Waals surface area contributed by atoms with E-state index in [1.165, 1.54) is 4.90 Å². The van der Waals surface area contributed by atoms with Crippen LogP contribution in [0.4, 0.5) is 5.69 Å². The summed E-state index contributed by atoms with van der Waals surface area (Å²) in [6.07, 6.45) is 0.896. The Bertz CT molecular complexity index is 376. The van der Waals surface area contributed by atoms with Crippen LogP contribution in [0.15, 0.2) is 24.3 Å². The number of benzene rings is 1. The van der Waals surface area contributed by atoms with Gasteiger partial charge in [-0.15, -0.1) is 0 Å². The van der Waals surface area contributed by atoms with Gasteiger partial charge in [0.05, 0.1) is 13.2 Å². The Morgan fingerprint density at radius 2 is 1.78 bits per heavy atom. The number of aliphatic hydroxyl groups is 2. The molecule has 0 aliphatic carbocycles. The molecule has 0 saturated heterocycles. The molecule has 0 unspecified atom stereocenters. The zero-order valence-electron chi connectivity index (χ0n) is 10.4. The van der Waals surface area contributed by atoms with E-state index in [9.17, 15) is 4.79 Å². The van der Waals surface area contributed by atoms with Gasteiger partial charge in [-0.1, -0.05) is 18.2 Å². The minimum absolute atomic E-state index is 0.0821. The normalized spacial score (nSPS) is 10.3. The summed E-state index contributed by atoms with van der Waals surface area (Å²) < 4.78 is 0. The summed E-state index contributed by atoms with van der Waals surface area (Å²) in [5.74, 6) is -0.0821. The van der Waals surface area contributed by atoms with Crippen LogP contribution in [0.3, 0.4) is 0 Å². The predicted octanol–water partition coefficient (Wildman–Crippen LogP) is 0.0146. The third kappa shape index (κ3) is 4.35. The van der Waals surface area contributed by atoms with Crippen LogP contribution in [-0.4, -0.2) is 47.3 Å². The summed E-state index contributed by atoms with van der Waals surface area (Å²) in [7, 11) is 0. The molecule has 0 aliphatic heterocycles. The Morgan fingerprint density at radius 3 is 2.33 bits per heavy atom. The molecule has 1 rings (SSSR count). The highest BCUT2D eigenvalue weighted by Gasteiger charge is 2.12. The zero-order chi connectivity index (χ0) is 13.4. The molecule has 0 heterocycles. The van der Waals surface area contributed by atoms with Gasteiger partial charge in [-0.25, -0.2) is 0 Å². The Labute approximate surface area is 107 Å². The Morgan fingerprint density at radius 1 is 1.17 bits per heavy atom.